The maximum Gasteiger partial charge on any atom is 0.253 e. The molecule has 1 heterocycles. The van der Waals surface area contributed by atoms with Crippen molar-refractivity contribution in [2.45, 2.75) is 25.4 Å². The number of likely N-dealkylation sites (N-methyl/N-ethyl adjacent to an activating group) is 1. The number of carbonyl (C=O) groups excluding carboxylic acids is 1. The second-order valence-electron chi connectivity index (χ2n) is 4.80. The van der Waals surface area contributed by atoms with E-state index >= 15 is 0 Å². The van der Waals surface area contributed by atoms with Crippen LogP contribution < -0.4 is 0 Å². The zero-order valence-electron chi connectivity index (χ0n) is 10.9. The fraction of sp³-hybridized carbons (Fsp3) is 0.500. The van der Waals surface area contributed by atoms with Crippen molar-refractivity contribution in [3.8, 4) is 0 Å². The van der Waals surface area contributed by atoms with Gasteiger partial charge < -0.3 is 9.64 Å². The molecule has 1 aromatic carbocycles. The zero-order valence-corrected chi connectivity index (χ0v) is 13.2. The zero-order chi connectivity index (χ0) is 13.8. The van der Waals surface area contributed by atoms with Gasteiger partial charge in [-0.2, -0.15) is 0 Å². The number of hydrogen-bond acceptors (Lipinski definition) is 2. The lowest BCUT2D eigenvalue weighted by molar-refractivity contribution is -0.000188. The van der Waals surface area contributed by atoms with Crippen molar-refractivity contribution in [1.29, 1.82) is 0 Å². The van der Waals surface area contributed by atoms with Crippen LogP contribution in [0.15, 0.2) is 22.7 Å². The average molecular weight is 347 g/mol. The molecule has 0 N–H and O–H groups in total. The normalized spacial score (nSPS) is 19.2. The maximum absolute atomic E-state index is 12.3. The van der Waals surface area contributed by atoms with E-state index in [1.54, 1.807) is 23.1 Å². The van der Waals surface area contributed by atoms with Gasteiger partial charge in [0, 0.05) is 30.2 Å². The highest BCUT2D eigenvalue weighted by molar-refractivity contribution is 9.10. The van der Waals surface area contributed by atoms with Crippen LogP contribution in [0.4, 0.5) is 0 Å². The van der Waals surface area contributed by atoms with Crippen molar-refractivity contribution in [3.05, 3.63) is 33.3 Å². The molecule has 0 aromatic heterocycles. The summed E-state index contributed by atoms with van der Waals surface area (Å²) in [5, 5.41) is 0.606. The Kier molecular flexibility index (Phi) is 5.25. The number of nitrogens with zero attached hydrogens (tertiary/aromatic N) is 1. The number of benzene rings is 1. The van der Waals surface area contributed by atoms with Gasteiger partial charge in [-0.3, -0.25) is 4.79 Å². The summed E-state index contributed by atoms with van der Waals surface area (Å²) in [4.78, 5) is 14.0. The fourth-order valence-electron chi connectivity index (χ4n) is 2.19. The molecule has 2 rings (SSSR count). The van der Waals surface area contributed by atoms with Crippen LogP contribution in [0.25, 0.3) is 0 Å². The van der Waals surface area contributed by atoms with Crippen LogP contribution in [-0.4, -0.2) is 37.1 Å². The molecule has 3 nitrogen and oxygen atoms in total. The van der Waals surface area contributed by atoms with Crippen molar-refractivity contribution in [1.82, 2.24) is 4.90 Å². The molecular weight excluding hydrogens is 330 g/mol. The van der Waals surface area contributed by atoms with Crippen LogP contribution in [0, 0.1) is 0 Å². The van der Waals surface area contributed by atoms with Crippen LogP contribution in [0.1, 0.15) is 29.6 Å². The second-order valence-corrected chi connectivity index (χ2v) is 6.06. The lowest BCUT2D eigenvalue weighted by atomic mass is 10.1. The second kappa shape index (κ2) is 6.73. The predicted molar refractivity (Wildman–Crippen MR) is 79.7 cm³/mol. The van der Waals surface area contributed by atoms with E-state index in [1.807, 2.05) is 7.05 Å². The quantitative estimate of drug-likeness (QED) is 0.834. The van der Waals surface area contributed by atoms with E-state index in [-0.39, 0.29) is 12.0 Å². The lowest BCUT2D eigenvalue weighted by Crippen LogP contribution is -2.37. The maximum atomic E-state index is 12.3. The summed E-state index contributed by atoms with van der Waals surface area (Å²) in [6.07, 6.45) is 3.50. The molecule has 5 heteroatoms. The first-order valence-electron chi connectivity index (χ1n) is 6.40. The van der Waals surface area contributed by atoms with Gasteiger partial charge in [0.05, 0.1) is 11.1 Å². The molecular formula is C14H17BrClNO2. The number of halogens is 2. The summed E-state index contributed by atoms with van der Waals surface area (Å²) in [5.74, 6) is -0.00783. The molecule has 1 amide bonds. The third-order valence-electron chi connectivity index (χ3n) is 3.26. The van der Waals surface area contributed by atoms with Crippen molar-refractivity contribution >= 4 is 33.4 Å². The van der Waals surface area contributed by atoms with Crippen molar-refractivity contribution in [2.24, 2.45) is 0 Å². The minimum Gasteiger partial charge on any atom is -0.376 e. The predicted octanol–water partition coefficient (Wildman–Crippen LogP) is 3.74. The monoisotopic (exact) mass is 345 g/mol. The Morgan fingerprint density at radius 1 is 1.53 bits per heavy atom. The van der Waals surface area contributed by atoms with Gasteiger partial charge >= 0.3 is 0 Å². The average Bonchev–Trinajstić information content (AvgIpc) is 2.42. The van der Waals surface area contributed by atoms with E-state index in [0.29, 0.717) is 17.1 Å². The summed E-state index contributed by atoms with van der Waals surface area (Å²) in [6, 6.07) is 5.22. The van der Waals surface area contributed by atoms with Gasteiger partial charge in [0.2, 0.25) is 0 Å². The van der Waals surface area contributed by atoms with Gasteiger partial charge in [-0.25, -0.2) is 0 Å². The molecule has 0 radical (unpaired) electrons. The van der Waals surface area contributed by atoms with Gasteiger partial charge in [0.1, 0.15) is 0 Å². The van der Waals surface area contributed by atoms with Crippen LogP contribution in [-0.2, 0) is 4.74 Å². The Bertz CT molecular complexity index is 461. The molecule has 0 spiro atoms. The molecule has 19 heavy (non-hydrogen) atoms. The smallest absolute Gasteiger partial charge is 0.253 e. The molecule has 1 aromatic rings. The first kappa shape index (κ1) is 14.8. The number of amides is 1. The Hall–Kier alpha value is -0.580. The molecule has 0 bridgehead atoms. The van der Waals surface area contributed by atoms with Crippen molar-refractivity contribution < 1.29 is 9.53 Å². The van der Waals surface area contributed by atoms with E-state index in [9.17, 15) is 4.79 Å². The van der Waals surface area contributed by atoms with Gasteiger partial charge in [-0.1, -0.05) is 11.6 Å². The van der Waals surface area contributed by atoms with Gasteiger partial charge in [-0.15, -0.1) is 0 Å². The number of ether oxygens (including phenoxy) is 1. The minimum absolute atomic E-state index is 0.00783. The third-order valence-corrected chi connectivity index (χ3v) is 4.48. The van der Waals surface area contributed by atoms with Crippen molar-refractivity contribution in [3.63, 3.8) is 0 Å². The van der Waals surface area contributed by atoms with Crippen LogP contribution in [0.3, 0.4) is 0 Å². The highest BCUT2D eigenvalue weighted by atomic mass is 79.9. The number of carbonyl (C=O) groups is 1. The Labute approximate surface area is 127 Å². The van der Waals surface area contributed by atoms with E-state index < -0.39 is 0 Å². The fourth-order valence-corrected chi connectivity index (χ4v) is 2.69. The van der Waals surface area contributed by atoms with E-state index in [4.69, 9.17) is 16.3 Å². The SMILES string of the molecule is CN(CC1CCCCO1)C(=O)c1ccc(Cl)c(Br)c1. The topological polar surface area (TPSA) is 29.5 Å². The standard InChI is InChI=1S/C14H17BrClNO2/c1-17(9-11-4-2-3-7-19-11)14(18)10-5-6-13(16)12(15)8-10/h5-6,8,11H,2-4,7,9H2,1H3. The Balaban J connectivity index is 1.99. The highest BCUT2D eigenvalue weighted by Crippen LogP contribution is 2.24. The van der Waals surface area contributed by atoms with E-state index in [1.165, 1.54) is 6.42 Å². The van der Waals surface area contributed by atoms with Gasteiger partial charge in [-0.05, 0) is 53.4 Å². The summed E-state index contributed by atoms with van der Waals surface area (Å²) >= 11 is 9.26. The number of hydrogen-bond donors (Lipinski definition) is 0. The molecule has 1 fully saturated rings. The van der Waals surface area contributed by atoms with Crippen LogP contribution >= 0.6 is 27.5 Å². The molecule has 0 saturated carbocycles. The van der Waals surface area contributed by atoms with Gasteiger partial charge in [0.25, 0.3) is 5.91 Å². The van der Waals surface area contributed by atoms with Gasteiger partial charge in [0.15, 0.2) is 0 Å². The van der Waals surface area contributed by atoms with Crippen LogP contribution in [0.2, 0.25) is 5.02 Å². The summed E-state index contributed by atoms with van der Waals surface area (Å²) in [5.41, 5.74) is 0.634. The molecule has 1 saturated heterocycles. The summed E-state index contributed by atoms with van der Waals surface area (Å²) < 4.78 is 6.39. The van der Waals surface area contributed by atoms with Crippen LogP contribution in [0.5, 0.6) is 0 Å². The third kappa shape index (κ3) is 3.94. The Morgan fingerprint density at radius 2 is 2.32 bits per heavy atom. The molecule has 1 aliphatic rings. The van der Waals surface area contributed by atoms with E-state index in [2.05, 4.69) is 15.9 Å². The molecule has 104 valence electrons. The highest BCUT2D eigenvalue weighted by Gasteiger charge is 2.20. The molecule has 1 atom stereocenters. The summed E-state index contributed by atoms with van der Waals surface area (Å²) in [7, 11) is 1.81. The minimum atomic E-state index is -0.00783. The largest absolute Gasteiger partial charge is 0.376 e. The Morgan fingerprint density at radius 3 is 2.95 bits per heavy atom. The van der Waals surface area contributed by atoms with E-state index in [0.717, 1.165) is 23.9 Å². The molecule has 0 aliphatic carbocycles. The lowest BCUT2D eigenvalue weighted by Gasteiger charge is -2.27. The first-order valence-corrected chi connectivity index (χ1v) is 7.57. The molecule has 1 aliphatic heterocycles. The number of rotatable bonds is 3. The first-order chi connectivity index (χ1) is 9.08. The molecule has 1 unspecified atom stereocenters. The van der Waals surface area contributed by atoms with Crippen molar-refractivity contribution in [2.75, 3.05) is 20.2 Å². The summed E-state index contributed by atoms with van der Waals surface area (Å²) in [6.45, 7) is 1.44.